The van der Waals surface area contributed by atoms with Gasteiger partial charge >= 0.3 is 0 Å². The molecule has 0 saturated carbocycles. The van der Waals surface area contributed by atoms with E-state index in [9.17, 15) is 8.42 Å². The number of nitrogens with one attached hydrogen (secondary N) is 1. The van der Waals surface area contributed by atoms with Crippen molar-refractivity contribution in [1.29, 1.82) is 0 Å². The number of halogens is 1. The van der Waals surface area contributed by atoms with Gasteiger partial charge in [-0.3, -0.25) is 0 Å². The number of hydrogen-bond acceptors (Lipinski definition) is 4. The van der Waals surface area contributed by atoms with E-state index in [1.807, 2.05) is 0 Å². The van der Waals surface area contributed by atoms with Gasteiger partial charge in [0.1, 0.15) is 4.90 Å². The topological polar surface area (TPSA) is 84.2 Å². The first kappa shape index (κ1) is 16.0. The predicted octanol–water partition coefficient (Wildman–Crippen LogP) is 1.40. The van der Waals surface area contributed by atoms with E-state index >= 15 is 0 Å². The predicted molar refractivity (Wildman–Crippen MR) is 79.4 cm³/mol. The molecule has 1 atom stereocenters. The summed E-state index contributed by atoms with van der Waals surface area (Å²) in [6.07, 6.45) is 5.00. The monoisotopic (exact) mass is 329 g/mol. The van der Waals surface area contributed by atoms with Gasteiger partial charge in [0.25, 0.3) is 0 Å². The highest BCUT2D eigenvalue weighted by molar-refractivity contribution is 7.89. The summed E-state index contributed by atoms with van der Waals surface area (Å²) >= 11 is 5.95. The Morgan fingerprint density at radius 1 is 1.48 bits per heavy atom. The second-order valence-corrected chi connectivity index (χ2v) is 6.79. The van der Waals surface area contributed by atoms with Gasteiger partial charge in [-0.15, -0.1) is 0 Å². The molecule has 0 aliphatic heterocycles. The number of imidazole rings is 1. The van der Waals surface area contributed by atoms with Crippen LogP contribution in [0.2, 0.25) is 5.02 Å². The Hall–Kier alpha value is -1.41. The Balaban J connectivity index is 2.18. The number of hydrogen-bond donors (Lipinski definition) is 2. The molecule has 0 spiro atoms. The summed E-state index contributed by atoms with van der Waals surface area (Å²) in [6.45, 7) is 1.96. The summed E-state index contributed by atoms with van der Waals surface area (Å²) in [5, 5.41) is 9.22. The van der Waals surface area contributed by atoms with Crippen LogP contribution in [0, 0.1) is 0 Å². The van der Waals surface area contributed by atoms with Crippen LogP contribution in [0.1, 0.15) is 12.5 Å². The Morgan fingerprint density at radius 3 is 2.86 bits per heavy atom. The van der Waals surface area contributed by atoms with E-state index in [1.54, 1.807) is 36.3 Å². The van der Waals surface area contributed by atoms with E-state index in [-0.39, 0.29) is 22.6 Å². The second kappa shape index (κ2) is 6.57. The Kier molecular flexibility index (Phi) is 5.00. The third kappa shape index (κ3) is 4.04. The van der Waals surface area contributed by atoms with E-state index in [0.29, 0.717) is 12.1 Å². The zero-order valence-corrected chi connectivity index (χ0v) is 13.0. The highest BCUT2D eigenvalue weighted by Crippen LogP contribution is 2.23. The van der Waals surface area contributed by atoms with E-state index in [2.05, 4.69) is 9.71 Å². The Morgan fingerprint density at radius 2 is 2.24 bits per heavy atom. The van der Waals surface area contributed by atoms with Gasteiger partial charge in [0.2, 0.25) is 10.0 Å². The number of nitrogens with zero attached hydrogens (tertiary/aromatic N) is 2. The molecule has 2 rings (SSSR count). The van der Waals surface area contributed by atoms with Gasteiger partial charge in [0, 0.05) is 25.0 Å². The normalized spacial score (nSPS) is 13.3. The molecule has 0 amide bonds. The number of aliphatic hydroxyl groups is 1. The van der Waals surface area contributed by atoms with Crippen molar-refractivity contribution in [3.63, 3.8) is 0 Å². The fraction of sp³-hybridized carbons (Fsp3) is 0.308. The van der Waals surface area contributed by atoms with Crippen molar-refractivity contribution in [3.05, 3.63) is 47.5 Å². The zero-order valence-electron chi connectivity index (χ0n) is 11.4. The van der Waals surface area contributed by atoms with Crippen molar-refractivity contribution >= 4 is 21.6 Å². The first-order valence-corrected chi connectivity index (χ1v) is 8.16. The summed E-state index contributed by atoms with van der Waals surface area (Å²) in [6, 6.07) is 4.07. The zero-order chi connectivity index (χ0) is 15.5. The highest BCUT2D eigenvalue weighted by atomic mass is 35.5. The third-order valence-electron chi connectivity index (χ3n) is 2.87. The summed E-state index contributed by atoms with van der Waals surface area (Å²) in [5.41, 5.74) is 0.488. The van der Waals surface area contributed by atoms with Gasteiger partial charge in [-0.2, -0.15) is 0 Å². The molecule has 0 saturated heterocycles. The van der Waals surface area contributed by atoms with Gasteiger partial charge in [-0.05, 0) is 24.6 Å². The van der Waals surface area contributed by atoms with Crippen LogP contribution < -0.4 is 4.72 Å². The quantitative estimate of drug-likeness (QED) is 0.839. The number of aliphatic hydroxyl groups excluding tert-OH is 1. The fourth-order valence-corrected chi connectivity index (χ4v) is 3.71. The average Bonchev–Trinajstić information content (AvgIpc) is 2.91. The first-order chi connectivity index (χ1) is 9.92. The molecule has 114 valence electrons. The number of benzene rings is 1. The number of sulfonamides is 1. The van der Waals surface area contributed by atoms with Crippen LogP contribution in [0.5, 0.6) is 0 Å². The molecule has 0 aliphatic rings. The van der Waals surface area contributed by atoms with E-state index in [1.165, 1.54) is 12.1 Å². The minimum absolute atomic E-state index is 0.0341. The van der Waals surface area contributed by atoms with E-state index in [0.717, 1.165) is 0 Å². The molecule has 21 heavy (non-hydrogen) atoms. The standard InChI is InChI=1S/C13H16ClN3O3S/c1-10(7-17-5-4-15-9-17)16-21(19,20)13-6-11(8-18)2-3-12(13)14/h2-6,9-10,16,18H,7-8H2,1H3. The molecule has 1 unspecified atom stereocenters. The Labute approximate surface area is 128 Å². The molecule has 0 fully saturated rings. The summed E-state index contributed by atoms with van der Waals surface area (Å²) in [7, 11) is -3.75. The van der Waals surface area contributed by atoms with Crippen LogP contribution in [-0.2, 0) is 23.2 Å². The lowest BCUT2D eigenvalue weighted by Crippen LogP contribution is -2.35. The van der Waals surface area contributed by atoms with Crippen molar-refractivity contribution < 1.29 is 13.5 Å². The third-order valence-corrected chi connectivity index (χ3v) is 4.94. The van der Waals surface area contributed by atoms with Crippen LogP contribution in [0.3, 0.4) is 0 Å². The lowest BCUT2D eigenvalue weighted by molar-refractivity contribution is 0.281. The van der Waals surface area contributed by atoms with Crippen LogP contribution >= 0.6 is 11.6 Å². The molecule has 0 radical (unpaired) electrons. The van der Waals surface area contributed by atoms with Gasteiger partial charge in [-0.25, -0.2) is 18.1 Å². The first-order valence-electron chi connectivity index (χ1n) is 6.30. The van der Waals surface area contributed by atoms with Crippen molar-refractivity contribution in [2.45, 2.75) is 31.0 Å². The molecule has 6 nitrogen and oxygen atoms in total. The molecule has 0 bridgehead atoms. The molecule has 1 aromatic carbocycles. The van der Waals surface area contributed by atoms with Crippen molar-refractivity contribution in [2.75, 3.05) is 0 Å². The SMILES string of the molecule is CC(Cn1ccnc1)NS(=O)(=O)c1cc(CO)ccc1Cl. The molecule has 1 heterocycles. The maximum absolute atomic E-state index is 12.4. The van der Waals surface area contributed by atoms with Crippen LogP contribution in [0.15, 0.2) is 41.8 Å². The largest absolute Gasteiger partial charge is 0.392 e. The second-order valence-electron chi connectivity index (χ2n) is 4.70. The lowest BCUT2D eigenvalue weighted by Gasteiger charge is -2.16. The van der Waals surface area contributed by atoms with Crippen molar-refractivity contribution in [3.8, 4) is 0 Å². The minimum atomic E-state index is -3.75. The molecule has 0 aliphatic carbocycles. The van der Waals surface area contributed by atoms with Gasteiger partial charge in [-0.1, -0.05) is 17.7 Å². The van der Waals surface area contributed by atoms with Crippen LogP contribution in [-0.4, -0.2) is 29.1 Å². The van der Waals surface area contributed by atoms with E-state index in [4.69, 9.17) is 16.7 Å². The average molecular weight is 330 g/mol. The highest BCUT2D eigenvalue weighted by Gasteiger charge is 2.21. The maximum atomic E-state index is 12.4. The Bertz CT molecular complexity index is 701. The van der Waals surface area contributed by atoms with Crippen molar-refractivity contribution in [1.82, 2.24) is 14.3 Å². The molecular formula is C13H16ClN3O3S. The maximum Gasteiger partial charge on any atom is 0.242 e. The van der Waals surface area contributed by atoms with Crippen molar-refractivity contribution in [2.24, 2.45) is 0 Å². The summed E-state index contributed by atoms with van der Waals surface area (Å²) in [4.78, 5) is 3.87. The molecule has 2 aromatic rings. The fourth-order valence-electron chi connectivity index (χ4n) is 1.93. The number of rotatable bonds is 6. The molecular weight excluding hydrogens is 314 g/mol. The minimum Gasteiger partial charge on any atom is -0.392 e. The summed E-state index contributed by atoms with van der Waals surface area (Å²) < 4.78 is 29.1. The van der Waals surface area contributed by atoms with Gasteiger partial charge < -0.3 is 9.67 Å². The van der Waals surface area contributed by atoms with Crippen LogP contribution in [0.4, 0.5) is 0 Å². The summed E-state index contributed by atoms with van der Waals surface area (Å²) in [5.74, 6) is 0. The molecule has 8 heteroatoms. The smallest absolute Gasteiger partial charge is 0.242 e. The van der Waals surface area contributed by atoms with Crippen LogP contribution in [0.25, 0.3) is 0 Å². The molecule has 1 aromatic heterocycles. The van der Waals surface area contributed by atoms with Gasteiger partial charge in [0.05, 0.1) is 18.0 Å². The van der Waals surface area contributed by atoms with Gasteiger partial charge in [0.15, 0.2) is 0 Å². The molecule has 2 N–H and O–H groups in total. The van der Waals surface area contributed by atoms with E-state index < -0.39 is 10.0 Å². The number of aromatic nitrogens is 2. The lowest BCUT2D eigenvalue weighted by atomic mass is 10.2.